The molecule has 4 heteroatoms. The Balaban J connectivity index is 1.79. The highest BCUT2D eigenvalue weighted by molar-refractivity contribution is 5.49. The molecular formula is C17H20FN3. The van der Waals surface area contributed by atoms with Crippen LogP contribution in [0.4, 0.5) is 15.8 Å². The molecule has 0 aliphatic carbocycles. The van der Waals surface area contributed by atoms with Gasteiger partial charge in [-0.15, -0.1) is 0 Å². The van der Waals surface area contributed by atoms with E-state index < -0.39 is 0 Å². The Labute approximate surface area is 124 Å². The minimum absolute atomic E-state index is 0.183. The van der Waals surface area contributed by atoms with Crippen LogP contribution in [0.3, 0.4) is 0 Å². The first-order valence-corrected chi connectivity index (χ1v) is 7.30. The van der Waals surface area contributed by atoms with E-state index in [2.05, 4.69) is 22.3 Å². The zero-order chi connectivity index (χ0) is 14.7. The number of hydrogen-bond acceptors (Lipinski definition) is 3. The van der Waals surface area contributed by atoms with Crippen LogP contribution in [0.5, 0.6) is 0 Å². The molecule has 2 aromatic carbocycles. The minimum atomic E-state index is -0.183. The zero-order valence-electron chi connectivity index (χ0n) is 11.9. The predicted octanol–water partition coefficient (Wildman–Crippen LogP) is 2.43. The van der Waals surface area contributed by atoms with Crippen molar-refractivity contribution < 1.29 is 4.39 Å². The SMILES string of the molecule is Nc1ccc(CC2CNCCN2c2cccc(F)c2)cc1. The summed E-state index contributed by atoms with van der Waals surface area (Å²) in [5.41, 5.74) is 8.72. The van der Waals surface area contributed by atoms with Crippen molar-refractivity contribution in [2.45, 2.75) is 12.5 Å². The number of hydrogen-bond donors (Lipinski definition) is 2. The molecule has 1 saturated heterocycles. The summed E-state index contributed by atoms with van der Waals surface area (Å²) in [6, 6.07) is 15.2. The topological polar surface area (TPSA) is 41.3 Å². The number of piperazine rings is 1. The second-order valence-corrected chi connectivity index (χ2v) is 5.48. The summed E-state index contributed by atoms with van der Waals surface area (Å²) < 4.78 is 13.5. The van der Waals surface area contributed by atoms with Crippen molar-refractivity contribution in [2.24, 2.45) is 0 Å². The molecule has 0 aromatic heterocycles. The van der Waals surface area contributed by atoms with Gasteiger partial charge in [-0.2, -0.15) is 0 Å². The first-order chi connectivity index (χ1) is 10.2. The zero-order valence-corrected chi connectivity index (χ0v) is 11.9. The van der Waals surface area contributed by atoms with Crippen LogP contribution in [0.15, 0.2) is 48.5 Å². The Morgan fingerprint density at radius 3 is 2.76 bits per heavy atom. The van der Waals surface area contributed by atoms with E-state index in [4.69, 9.17) is 5.73 Å². The average molecular weight is 285 g/mol. The molecule has 1 atom stereocenters. The van der Waals surface area contributed by atoms with Crippen molar-refractivity contribution in [1.29, 1.82) is 0 Å². The maximum absolute atomic E-state index is 13.5. The van der Waals surface area contributed by atoms with Gasteiger partial charge in [0, 0.05) is 37.1 Å². The maximum atomic E-state index is 13.5. The lowest BCUT2D eigenvalue weighted by atomic mass is 10.0. The van der Waals surface area contributed by atoms with Gasteiger partial charge in [-0.3, -0.25) is 0 Å². The van der Waals surface area contributed by atoms with Gasteiger partial charge in [-0.1, -0.05) is 18.2 Å². The first kappa shape index (κ1) is 13.9. The molecule has 3 N–H and O–H groups in total. The summed E-state index contributed by atoms with van der Waals surface area (Å²) in [6.45, 7) is 2.72. The molecule has 110 valence electrons. The predicted molar refractivity (Wildman–Crippen MR) is 85.0 cm³/mol. The Morgan fingerprint density at radius 2 is 2.00 bits per heavy atom. The van der Waals surface area contributed by atoms with Gasteiger partial charge in [-0.25, -0.2) is 4.39 Å². The van der Waals surface area contributed by atoms with Crippen LogP contribution in [0.1, 0.15) is 5.56 Å². The van der Waals surface area contributed by atoms with E-state index in [1.54, 1.807) is 12.1 Å². The lowest BCUT2D eigenvalue weighted by Gasteiger charge is -2.38. The molecule has 0 radical (unpaired) electrons. The molecule has 1 unspecified atom stereocenters. The number of rotatable bonds is 3. The number of halogens is 1. The van der Waals surface area contributed by atoms with Crippen molar-refractivity contribution in [3.63, 3.8) is 0 Å². The van der Waals surface area contributed by atoms with Crippen LogP contribution in [-0.4, -0.2) is 25.7 Å². The largest absolute Gasteiger partial charge is 0.399 e. The van der Waals surface area contributed by atoms with E-state index >= 15 is 0 Å². The number of benzene rings is 2. The molecule has 1 aliphatic heterocycles. The van der Waals surface area contributed by atoms with Crippen molar-refractivity contribution in [3.05, 3.63) is 59.9 Å². The second-order valence-electron chi connectivity index (χ2n) is 5.48. The fourth-order valence-electron chi connectivity index (χ4n) is 2.86. The van der Waals surface area contributed by atoms with Crippen LogP contribution in [0.25, 0.3) is 0 Å². The smallest absolute Gasteiger partial charge is 0.125 e. The fourth-order valence-corrected chi connectivity index (χ4v) is 2.86. The molecule has 0 spiro atoms. The average Bonchev–Trinajstić information content (AvgIpc) is 2.50. The van der Waals surface area contributed by atoms with E-state index in [1.165, 1.54) is 11.6 Å². The molecule has 0 bridgehead atoms. The third-order valence-electron chi connectivity index (χ3n) is 3.94. The summed E-state index contributed by atoms with van der Waals surface area (Å²) in [4.78, 5) is 2.29. The van der Waals surface area contributed by atoms with Gasteiger partial charge >= 0.3 is 0 Å². The quantitative estimate of drug-likeness (QED) is 0.851. The van der Waals surface area contributed by atoms with Crippen molar-refractivity contribution in [1.82, 2.24) is 5.32 Å². The van der Waals surface area contributed by atoms with Crippen LogP contribution in [-0.2, 0) is 6.42 Å². The first-order valence-electron chi connectivity index (χ1n) is 7.30. The van der Waals surface area contributed by atoms with Gasteiger partial charge in [-0.05, 0) is 42.3 Å². The Bertz CT molecular complexity index is 597. The van der Waals surface area contributed by atoms with Crippen LogP contribution >= 0.6 is 0 Å². The van der Waals surface area contributed by atoms with Gasteiger partial charge < -0.3 is 16.0 Å². The molecular weight excluding hydrogens is 265 g/mol. The Hall–Kier alpha value is -2.07. The standard InChI is InChI=1S/C17H20FN3/c18-14-2-1-3-16(11-14)21-9-8-20-12-17(21)10-13-4-6-15(19)7-5-13/h1-7,11,17,20H,8-10,12,19H2. The second kappa shape index (κ2) is 6.14. The monoisotopic (exact) mass is 285 g/mol. The summed E-state index contributed by atoms with van der Waals surface area (Å²) in [6.07, 6.45) is 0.920. The molecule has 1 aliphatic rings. The van der Waals surface area contributed by atoms with E-state index in [9.17, 15) is 4.39 Å². The van der Waals surface area contributed by atoms with Gasteiger partial charge in [0.2, 0.25) is 0 Å². The van der Waals surface area contributed by atoms with E-state index in [0.29, 0.717) is 6.04 Å². The summed E-state index contributed by atoms with van der Waals surface area (Å²) in [5.74, 6) is -0.183. The summed E-state index contributed by atoms with van der Waals surface area (Å²) in [5, 5.41) is 3.42. The number of anilines is 2. The highest BCUT2D eigenvalue weighted by Gasteiger charge is 2.22. The van der Waals surface area contributed by atoms with Crippen molar-refractivity contribution in [3.8, 4) is 0 Å². The number of nitrogens with two attached hydrogens (primary N) is 1. The third kappa shape index (κ3) is 3.34. The number of nitrogen functional groups attached to an aromatic ring is 1. The molecule has 3 rings (SSSR count). The normalized spacial score (nSPS) is 18.7. The number of nitrogens with one attached hydrogen (secondary N) is 1. The molecule has 0 amide bonds. The summed E-state index contributed by atoms with van der Waals surface area (Å²) in [7, 11) is 0. The van der Waals surface area contributed by atoms with Gasteiger partial charge in [0.1, 0.15) is 5.82 Å². The van der Waals surface area contributed by atoms with Crippen LogP contribution < -0.4 is 16.0 Å². The lowest BCUT2D eigenvalue weighted by molar-refractivity contribution is 0.472. The van der Waals surface area contributed by atoms with Crippen LogP contribution in [0.2, 0.25) is 0 Å². The Morgan fingerprint density at radius 1 is 1.19 bits per heavy atom. The van der Waals surface area contributed by atoms with Gasteiger partial charge in [0.25, 0.3) is 0 Å². The fraction of sp³-hybridized carbons (Fsp3) is 0.294. The summed E-state index contributed by atoms with van der Waals surface area (Å²) >= 11 is 0. The molecule has 0 saturated carbocycles. The lowest BCUT2D eigenvalue weighted by Crippen LogP contribution is -2.52. The van der Waals surface area contributed by atoms with Crippen LogP contribution in [0, 0.1) is 5.82 Å². The molecule has 3 nitrogen and oxygen atoms in total. The highest BCUT2D eigenvalue weighted by atomic mass is 19.1. The van der Waals surface area contributed by atoms with Crippen molar-refractivity contribution >= 4 is 11.4 Å². The molecule has 2 aromatic rings. The highest BCUT2D eigenvalue weighted by Crippen LogP contribution is 2.21. The molecule has 1 fully saturated rings. The minimum Gasteiger partial charge on any atom is -0.399 e. The molecule has 21 heavy (non-hydrogen) atoms. The van der Waals surface area contributed by atoms with Gasteiger partial charge in [0.15, 0.2) is 0 Å². The van der Waals surface area contributed by atoms with Crippen molar-refractivity contribution in [2.75, 3.05) is 30.3 Å². The maximum Gasteiger partial charge on any atom is 0.125 e. The third-order valence-corrected chi connectivity index (χ3v) is 3.94. The van der Waals surface area contributed by atoms with E-state index in [1.807, 2.05) is 18.2 Å². The Kier molecular flexibility index (Phi) is 4.06. The number of nitrogens with zero attached hydrogens (tertiary/aromatic N) is 1. The van der Waals surface area contributed by atoms with E-state index in [0.717, 1.165) is 37.4 Å². The van der Waals surface area contributed by atoms with E-state index in [-0.39, 0.29) is 5.82 Å². The molecule has 1 heterocycles. The van der Waals surface area contributed by atoms with Gasteiger partial charge in [0.05, 0.1) is 0 Å².